The van der Waals surface area contributed by atoms with Gasteiger partial charge in [-0.05, 0) is 36.7 Å². The summed E-state index contributed by atoms with van der Waals surface area (Å²) in [7, 11) is 0. The Labute approximate surface area is 127 Å². The molecule has 1 fully saturated rings. The van der Waals surface area contributed by atoms with Gasteiger partial charge in [0.15, 0.2) is 0 Å². The predicted molar refractivity (Wildman–Crippen MR) is 84.7 cm³/mol. The van der Waals surface area contributed by atoms with Gasteiger partial charge >= 0.3 is 0 Å². The second-order valence-corrected chi connectivity index (χ2v) is 7.24. The molecule has 1 saturated heterocycles. The fraction of sp³-hybridized carbons (Fsp3) is 0.867. The molecule has 0 aliphatic carbocycles. The largest absolute Gasteiger partial charge is 0.342 e. The fourth-order valence-corrected chi connectivity index (χ4v) is 2.98. The second kappa shape index (κ2) is 7.91. The number of hydrogen-bond acceptors (Lipinski definition) is 3. The molecule has 1 aliphatic heterocycles. The van der Waals surface area contributed by atoms with Crippen LogP contribution in [0.5, 0.6) is 0 Å². The summed E-state index contributed by atoms with van der Waals surface area (Å²) in [6.07, 6.45) is 3.74. The Hall–Kier alpha value is -0.710. The van der Waals surface area contributed by atoms with Gasteiger partial charge in [-0.1, -0.05) is 27.7 Å². The molecule has 1 rings (SSSR count). The maximum atomic E-state index is 12.6. The van der Waals surface area contributed by atoms with Crippen LogP contribution in [0.1, 0.15) is 40.5 Å². The minimum atomic E-state index is -0.361. The van der Waals surface area contributed by atoms with Gasteiger partial charge in [0.05, 0.1) is 0 Å². The summed E-state index contributed by atoms with van der Waals surface area (Å²) >= 11 is 1.78. The normalized spacial score (nSPS) is 23.6. The topological polar surface area (TPSA) is 49.4 Å². The number of hydrogen-bond donors (Lipinski definition) is 1. The number of thioether (sulfide) groups is 1. The Balaban J connectivity index is 2.85. The van der Waals surface area contributed by atoms with E-state index in [4.69, 9.17) is 0 Å². The second-order valence-electron chi connectivity index (χ2n) is 6.25. The molecule has 0 bridgehead atoms. The zero-order valence-electron chi connectivity index (χ0n) is 13.3. The van der Waals surface area contributed by atoms with E-state index in [1.165, 1.54) is 0 Å². The number of carbonyl (C=O) groups excluding carboxylic acids is 2. The predicted octanol–water partition coefficient (Wildman–Crippen LogP) is 2.14. The van der Waals surface area contributed by atoms with Crippen LogP contribution in [-0.4, -0.2) is 47.4 Å². The van der Waals surface area contributed by atoms with E-state index in [2.05, 4.69) is 25.4 Å². The maximum absolute atomic E-state index is 12.6. The van der Waals surface area contributed by atoms with E-state index in [9.17, 15) is 9.59 Å². The highest BCUT2D eigenvalue weighted by atomic mass is 32.2. The minimum Gasteiger partial charge on any atom is -0.342 e. The van der Waals surface area contributed by atoms with E-state index in [-0.39, 0.29) is 29.8 Å². The fourth-order valence-electron chi connectivity index (χ4n) is 2.56. The highest BCUT2D eigenvalue weighted by Crippen LogP contribution is 2.21. The number of rotatable bonds is 7. The van der Waals surface area contributed by atoms with Gasteiger partial charge in [-0.3, -0.25) is 9.59 Å². The molecule has 2 unspecified atom stereocenters. The van der Waals surface area contributed by atoms with Crippen LogP contribution in [0.15, 0.2) is 0 Å². The first-order valence-electron chi connectivity index (χ1n) is 7.48. The lowest BCUT2D eigenvalue weighted by Crippen LogP contribution is -2.65. The highest BCUT2D eigenvalue weighted by molar-refractivity contribution is 7.98. The lowest BCUT2D eigenvalue weighted by atomic mass is 9.93. The van der Waals surface area contributed by atoms with Gasteiger partial charge in [0.25, 0.3) is 0 Å². The zero-order chi connectivity index (χ0) is 15.3. The Bertz CT molecular complexity index is 345. The van der Waals surface area contributed by atoms with Gasteiger partial charge in [0, 0.05) is 6.54 Å². The van der Waals surface area contributed by atoms with Gasteiger partial charge in [-0.15, -0.1) is 0 Å². The van der Waals surface area contributed by atoms with E-state index >= 15 is 0 Å². The van der Waals surface area contributed by atoms with Crippen molar-refractivity contribution in [2.45, 2.75) is 52.6 Å². The molecule has 20 heavy (non-hydrogen) atoms. The highest BCUT2D eigenvalue weighted by Gasteiger charge is 2.41. The van der Waals surface area contributed by atoms with Crippen molar-refractivity contribution in [2.24, 2.45) is 11.8 Å². The molecule has 5 heteroatoms. The average Bonchev–Trinajstić information content (AvgIpc) is 2.36. The summed E-state index contributed by atoms with van der Waals surface area (Å²) in [6.45, 7) is 8.82. The van der Waals surface area contributed by atoms with E-state index in [0.29, 0.717) is 12.5 Å². The lowest BCUT2D eigenvalue weighted by molar-refractivity contribution is -0.151. The summed E-state index contributed by atoms with van der Waals surface area (Å²) in [5.74, 6) is 1.66. The third kappa shape index (κ3) is 4.40. The van der Waals surface area contributed by atoms with Crippen molar-refractivity contribution in [3.05, 3.63) is 0 Å². The molecule has 0 radical (unpaired) electrons. The SMILES string of the molecule is CSCCCN1C(=O)C(C(C)C)NC(=O)C1CC(C)C. The molecule has 0 spiro atoms. The third-order valence-electron chi connectivity index (χ3n) is 3.63. The maximum Gasteiger partial charge on any atom is 0.246 e. The molecule has 1 N–H and O–H groups in total. The number of nitrogens with one attached hydrogen (secondary N) is 1. The van der Waals surface area contributed by atoms with Crippen molar-refractivity contribution in [2.75, 3.05) is 18.6 Å². The Kier molecular flexibility index (Phi) is 6.86. The van der Waals surface area contributed by atoms with Gasteiger partial charge in [-0.25, -0.2) is 0 Å². The summed E-state index contributed by atoms with van der Waals surface area (Å²) in [5, 5.41) is 2.91. The molecule has 0 aromatic heterocycles. The number of nitrogens with zero attached hydrogens (tertiary/aromatic N) is 1. The molecule has 2 amide bonds. The van der Waals surface area contributed by atoms with Crippen LogP contribution < -0.4 is 5.32 Å². The Morgan fingerprint density at radius 3 is 2.40 bits per heavy atom. The molecule has 0 aromatic rings. The first kappa shape index (κ1) is 17.3. The standard InChI is InChI=1S/C15H28N2O2S/c1-10(2)9-12-14(18)16-13(11(3)4)15(19)17(12)7-6-8-20-5/h10-13H,6-9H2,1-5H3,(H,16,18). The zero-order valence-corrected chi connectivity index (χ0v) is 14.1. The van der Waals surface area contributed by atoms with Crippen LogP contribution in [0.4, 0.5) is 0 Å². The van der Waals surface area contributed by atoms with Crippen molar-refractivity contribution in [1.82, 2.24) is 10.2 Å². The van der Waals surface area contributed by atoms with Crippen LogP contribution >= 0.6 is 11.8 Å². The molecule has 0 aromatic carbocycles. The summed E-state index contributed by atoms with van der Waals surface area (Å²) in [5.41, 5.74) is 0. The van der Waals surface area contributed by atoms with E-state index in [1.54, 1.807) is 11.8 Å². The van der Waals surface area contributed by atoms with E-state index < -0.39 is 0 Å². The molecule has 2 atom stereocenters. The monoisotopic (exact) mass is 300 g/mol. The molecular formula is C15H28N2O2S. The van der Waals surface area contributed by atoms with Gasteiger partial charge < -0.3 is 10.2 Å². The smallest absolute Gasteiger partial charge is 0.246 e. The first-order valence-corrected chi connectivity index (χ1v) is 8.87. The number of piperazine rings is 1. The van der Waals surface area contributed by atoms with E-state index in [1.807, 2.05) is 18.7 Å². The van der Waals surface area contributed by atoms with Crippen molar-refractivity contribution in [1.29, 1.82) is 0 Å². The number of carbonyl (C=O) groups is 2. The molecule has 116 valence electrons. The van der Waals surface area contributed by atoms with Gasteiger partial charge in [0.2, 0.25) is 11.8 Å². The van der Waals surface area contributed by atoms with Crippen molar-refractivity contribution in [3.8, 4) is 0 Å². The first-order chi connectivity index (χ1) is 9.38. The molecule has 1 heterocycles. The molecule has 4 nitrogen and oxygen atoms in total. The Morgan fingerprint density at radius 1 is 1.25 bits per heavy atom. The van der Waals surface area contributed by atoms with Crippen LogP contribution in [0.25, 0.3) is 0 Å². The van der Waals surface area contributed by atoms with Crippen molar-refractivity contribution < 1.29 is 9.59 Å². The third-order valence-corrected chi connectivity index (χ3v) is 4.33. The van der Waals surface area contributed by atoms with Crippen molar-refractivity contribution >= 4 is 23.6 Å². The van der Waals surface area contributed by atoms with E-state index in [0.717, 1.165) is 18.6 Å². The molecule has 1 aliphatic rings. The molecular weight excluding hydrogens is 272 g/mol. The Morgan fingerprint density at radius 2 is 1.90 bits per heavy atom. The molecule has 0 saturated carbocycles. The van der Waals surface area contributed by atoms with Crippen molar-refractivity contribution in [3.63, 3.8) is 0 Å². The summed E-state index contributed by atoms with van der Waals surface area (Å²) in [6, 6.07) is -0.653. The van der Waals surface area contributed by atoms with Crippen LogP contribution in [0.3, 0.4) is 0 Å². The van der Waals surface area contributed by atoms with Crippen LogP contribution in [0.2, 0.25) is 0 Å². The van der Waals surface area contributed by atoms with Gasteiger partial charge in [-0.2, -0.15) is 11.8 Å². The average molecular weight is 300 g/mol. The van der Waals surface area contributed by atoms with Gasteiger partial charge in [0.1, 0.15) is 12.1 Å². The lowest BCUT2D eigenvalue weighted by Gasteiger charge is -2.41. The number of amides is 2. The minimum absolute atomic E-state index is 0.0150. The summed E-state index contributed by atoms with van der Waals surface area (Å²) in [4.78, 5) is 26.7. The quantitative estimate of drug-likeness (QED) is 0.733. The summed E-state index contributed by atoms with van der Waals surface area (Å²) < 4.78 is 0. The van der Waals surface area contributed by atoms with Crippen LogP contribution in [-0.2, 0) is 9.59 Å². The van der Waals surface area contributed by atoms with Crippen LogP contribution in [0, 0.1) is 11.8 Å².